The molecule has 0 aliphatic heterocycles. The van der Waals surface area contributed by atoms with Crippen LogP contribution in [-0.2, 0) is 4.79 Å². The molecule has 1 N–H and O–H groups in total. The lowest BCUT2D eigenvalue weighted by Crippen LogP contribution is -2.35. The van der Waals surface area contributed by atoms with Crippen LogP contribution in [0, 0.1) is 0 Å². The van der Waals surface area contributed by atoms with Gasteiger partial charge in [-0.15, -0.1) is 11.6 Å². The number of carbonyl (C=O) groups excluding carboxylic acids is 1. The van der Waals surface area contributed by atoms with Gasteiger partial charge in [-0.25, -0.2) is 0 Å². The van der Waals surface area contributed by atoms with Crippen LogP contribution in [0.2, 0.25) is 0 Å². The highest BCUT2D eigenvalue weighted by atomic mass is 35.5. The minimum Gasteiger partial charge on any atom is -0.356 e. The van der Waals surface area contributed by atoms with Gasteiger partial charge in [0, 0.05) is 24.9 Å². The van der Waals surface area contributed by atoms with Crippen LogP contribution in [0.5, 0.6) is 0 Å². The highest BCUT2D eigenvalue weighted by Gasteiger charge is 2.17. The van der Waals surface area contributed by atoms with E-state index in [0.717, 1.165) is 38.4 Å². The number of rotatable bonds is 9. The van der Waals surface area contributed by atoms with Crippen molar-refractivity contribution < 1.29 is 4.79 Å². The average Bonchev–Trinajstić information content (AvgIpc) is 2.44. The Hall–Kier alpha value is -0.280. The lowest BCUT2D eigenvalue weighted by Gasteiger charge is -2.31. The monoisotopic (exact) mass is 288 g/mol. The van der Waals surface area contributed by atoms with Gasteiger partial charge in [0.25, 0.3) is 0 Å². The van der Waals surface area contributed by atoms with Crippen molar-refractivity contribution in [2.24, 2.45) is 0 Å². The van der Waals surface area contributed by atoms with Gasteiger partial charge in [-0.05, 0) is 45.7 Å². The molecule has 0 aromatic rings. The Morgan fingerprint density at radius 3 is 2.63 bits per heavy atom. The van der Waals surface area contributed by atoms with Crippen molar-refractivity contribution >= 4 is 17.5 Å². The molecule has 1 aliphatic carbocycles. The SMILES string of the molecule is CN(CCCNC(=O)CCCCCl)C1CCCCC1. The third kappa shape index (κ3) is 7.78. The first-order valence-electron chi connectivity index (χ1n) is 7.77. The second kappa shape index (κ2) is 10.5. The van der Waals surface area contributed by atoms with Crippen molar-refractivity contribution in [1.82, 2.24) is 10.2 Å². The lowest BCUT2D eigenvalue weighted by atomic mass is 9.94. The summed E-state index contributed by atoms with van der Waals surface area (Å²) in [7, 11) is 2.22. The van der Waals surface area contributed by atoms with Crippen LogP contribution in [0.1, 0.15) is 57.8 Å². The number of carbonyl (C=O) groups is 1. The van der Waals surface area contributed by atoms with Gasteiger partial charge >= 0.3 is 0 Å². The molecule has 0 atom stereocenters. The normalized spacial score (nSPS) is 16.8. The van der Waals surface area contributed by atoms with Crippen molar-refractivity contribution in [2.45, 2.75) is 63.8 Å². The van der Waals surface area contributed by atoms with Crippen molar-refractivity contribution in [1.29, 1.82) is 0 Å². The molecule has 1 saturated carbocycles. The van der Waals surface area contributed by atoms with Gasteiger partial charge in [-0.3, -0.25) is 4.79 Å². The van der Waals surface area contributed by atoms with Crippen LogP contribution >= 0.6 is 11.6 Å². The predicted octanol–water partition coefficient (Wildman–Crippen LogP) is 3.17. The fourth-order valence-electron chi connectivity index (χ4n) is 2.73. The first kappa shape index (κ1) is 16.8. The summed E-state index contributed by atoms with van der Waals surface area (Å²) in [6.07, 6.45) is 10.4. The van der Waals surface area contributed by atoms with Gasteiger partial charge in [0.2, 0.25) is 5.91 Å². The van der Waals surface area contributed by atoms with E-state index in [-0.39, 0.29) is 5.91 Å². The molecule has 112 valence electrons. The smallest absolute Gasteiger partial charge is 0.219 e. The molecule has 19 heavy (non-hydrogen) atoms. The zero-order valence-corrected chi connectivity index (χ0v) is 13.1. The molecule has 3 nitrogen and oxygen atoms in total. The lowest BCUT2D eigenvalue weighted by molar-refractivity contribution is -0.121. The number of halogens is 1. The fourth-order valence-corrected chi connectivity index (χ4v) is 2.92. The Morgan fingerprint density at radius 2 is 1.95 bits per heavy atom. The van der Waals surface area contributed by atoms with E-state index in [1.165, 1.54) is 32.1 Å². The molecule has 4 heteroatoms. The van der Waals surface area contributed by atoms with E-state index in [0.29, 0.717) is 12.3 Å². The molecule has 0 bridgehead atoms. The summed E-state index contributed by atoms with van der Waals surface area (Å²) in [6, 6.07) is 0.771. The molecule has 0 heterocycles. The first-order chi connectivity index (χ1) is 9.24. The van der Waals surface area contributed by atoms with E-state index >= 15 is 0 Å². The van der Waals surface area contributed by atoms with E-state index < -0.39 is 0 Å². The summed E-state index contributed by atoms with van der Waals surface area (Å²) in [5.41, 5.74) is 0. The summed E-state index contributed by atoms with van der Waals surface area (Å²) >= 11 is 5.58. The number of hydrogen-bond donors (Lipinski definition) is 1. The Labute approximate surface area is 123 Å². The third-order valence-corrected chi connectivity index (χ3v) is 4.26. The highest BCUT2D eigenvalue weighted by Crippen LogP contribution is 2.21. The molecule has 1 amide bonds. The van der Waals surface area contributed by atoms with E-state index in [1.54, 1.807) is 0 Å². The van der Waals surface area contributed by atoms with Gasteiger partial charge in [-0.1, -0.05) is 19.3 Å². The van der Waals surface area contributed by atoms with Crippen molar-refractivity contribution in [3.8, 4) is 0 Å². The molecule has 0 unspecified atom stereocenters. The molecular weight excluding hydrogens is 260 g/mol. The summed E-state index contributed by atoms with van der Waals surface area (Å²) in [6.45, 7) is 1.89. The summed E-state index contributed by atoms with van der Waals surface area (Å²) in [4.78, 5) is 14.0. The molecule has 1 rings (SSSR count). The second-order valence-electron chi connectivity index (χ2n) is 5.62. The Balaban J connectivity index is 1.98. The van der Waals surface area contributed by atoms with Crippen LogP contribution < -0.4 is 5.32 Å². The van der Waals surface area contributed by atoms with Crippen molar-refractivity contribution in [3.63, 3.8) is 0 Å². The predicted molar refractivity (Wildman–Crippen MR) is 81.7 cm³/mol. The largest absolute Gasteiger partial charge is 0.356 e. The zero-order chi connectivity index (χ0) is 13.9. The molecule has 0 radical (unpaired) electrons. The summed E-state index contributed by atoms with van der Waals surface area (Å²) < 4.78 is 0. The van der Waals surface area contributed by atoms with E-state index in [9.17, 15) is 4.79 Å². The van der Waals surface area contributed by atoms with Gasteiger partial charge in [0.05, 0.1) is 0 Å². The highest BCUT2D eigenvalue weighted by molar-refractivity contribution is 6.17. The number of amides is 1. The van der Waals surface area contributed by atoms with E-state index in [4.69, 9.17) is 11.6 Å². The number of hydrogen-bond acceptors (Lipinski definition) is 2. The number of unbranched alkanes of at least 4 members (excludes halogenated alkanes) is 1. The van der Waals surface area contributed by atoms with Crippen LogP contribution in [0.3, 0.4) is 0 Å². The van der Waals surface area contributed by atoms with Gasteiger partial charge in [0.15, 0.2) is 0 Å². The molecule has 0 aromatic heterocycles. The molecule has 0 spiro atoms. The fraction of sp³-hybridized carbons (Fsp3) is 0.933. The minimum atomic E-state index is 0.172. The second-order valence-corrected chi connectivity index (χ2v) is 6.00. The minimum absolute atomic E-state index is 0.172. The molecule has 1 aliphatic rings. The zero-order valence-electron chi connectivity index (χ0n) is 12.3. The van der Waals surface area contributed by atoms with Crippen LogP contribution in [0.15, 0.2) is 0 Å². The maximum absolute atomic E-state index is 11.5. The molecular formula is C15H29ClN2O. The van der Waals surface area contributed by atoms with E-state index in [2.05, 4.69) is 17.3 Å². The first-order valence-corrected chi connectivity index (χ1v) is 8.30. The van der Waals surface area contributed by atoms with Crippen molar-refractivity contribution in [2.75, 3.05) is 26.0 Å². The quantitative estimate of drug-likeness (QED) is 0.522. The maximum atomic E-state index is 11.5. The maximum Gasteiger partial charge on any atom is 0.219 e. The van der Waals surface area contributed by atoms with Crippen LogP contribution in [0.4, 0.5) is 0 Å². The van der Waals surface area contributed by atoms with Gasteiger partial charge in [0.1, 0.15) is 0 Å². The van der Waals surface area contributed by atoms with Crippen LogP contribution in [0.25, 0.3) is 0 Å². The molecule has 0 saturated heterocycles. The van der Waals surface area contributed by atoms with Gasteiger partial charge in [-0.2, -0.15) is 0 Å². The molecule has 1 fully saturated rings. The topological polar surface area (TPSA) is 32.3 Å². The summed E-state index contributed by atoms with van der Waals surface area (Å²) in [5, 5.41) is 2.99. The van der Waals surface area contributed by atoms with Crippen LogP contribution in [-0.4, -0.2) is 42.9 Å². The average molecular weight is 289 g/mol. The standard InChI is InChI=1S/C15H29ClN2O/c1-18(14-8-3-2-4-9-14)13-7-12-17-15(19)10-5-6-11-16/h14H,2-13H2,1H3,(H,17,19). The third-order valence-electron chi connectivity index (χ3n) is 4.00. The Bertz CT molecular complexity index is 242. The Morgan fingerprint density at radius 1 is 1.21 bits per heavy atom. The molecule has 0 aromatic carbocycles. The Kier molecular flexibility index (Phi) is 9.27. The number of nitrogens with one attached hydrogen (secondary N) is 1. The summed E-state index contributed by atoms with van der Waals surface area (Å²) in [5.74, 6) is 0.824. The van der Waals surface area contributed by atoms with Gasteiger partial charge < -0.3 is 10.2 Å². The van der Waals surface area contributed by atoms with E-state index in [1.807, 2.05) is 0 Å². The number of alkyl halides is 1. The number of nitrogens with zero attached hydrogens (tertiary/aromatic N) is 1. The van der Waals surface area contributed by atoms with Crippen molar-refractivity contribution in [3.05, 3.63) is 0 Å².